The predicted octanol–water partition coefficient (Wildman–Crippen LogP) is 2.07. The lowest BCUT2D eigenvalue weighted by Gasteiger charge is -2.19. The second-order valence-electron chi connectivity index (χ2n) is 4.46. The van der Waals surface area contributed by atoms with E-state index in [2.05, 4.69) is 4.98 Å². The molecule has 0 spiro atoms. The van der Waals surface area contributed by atoms with Crippen LogP contribution in [-0.2, 0) is 16.0 Å². The van der Waals surface area contributed by atoms with Crippen molar-refractivity contribution < 1.29 is 14.3 Å². The van der Waals surface area contributed by atoms with Crippen LogP contribution in [0.3, 0.4) is 0 Å². The van der Waals surface area contributed by atoms with Gasteiger partial charge in [-0.3, -0.25) is 9.78 Å². The number of carbonyl (C=O) groups excluding carboxylic acids is 2. The number of benzene rings is 1. The van der Waals surface area contributed by atoms with Gasteiger partial charge in [0.25, 0.3) is 0 Å². The van der Waals surface area contributed by atoms with Gasteiger partial charge in [0.1, 0.15) is 0 Å². The lowest BCUT2D eigenvalue weighted by molar-refractivity contribution is -0.117. The van der Waals surface area contributed by atoms with Gasteiger partial charge in [-0.15, -0.1) is 0 Å². The topological polar surface area (TPSA) is 59.5 Å². The number of methoxy groups -OCH3 is 1. The minimum absolute atomic E-state index is 0.148. The van der Waals surface area contributed by atoms with Crippen LogP contribution < -0.4 is 4.90 Å². The fraction of sp³-hybridized carbons (Fsp3) is 0.188. The smallest absolute Gasteiger partial charge is 0.339 e. The molecule has 1 aromatic carbocycles. The summed E-state index contributed by atoms with van der Waals surface area (Å²) in [6, 6.07) is 12.3. The van der Waals surface area contributed by atoms with E-state index in [1.807, 2.05) is 6.07 Å². The molecule has 2 rings (SSSR count). The number of likely N-dealkylation sites (N-methyl/N-ethyl adjacent to an activating group) is 1. The Morgan fingerprint density at radius 3 is 2.52 bits per heavy atom. The van der Waals surface area contributed by atoms with Gasteiger partial charge >= 0.3 is 5.97 Å². The molecule has 0 aliphatic heterocycles. The molecule has 1 amide bonds. The van der Waals surface area contributed by atoms with Gasteiger partial charge in [0, 0.05) is 18.9 Å². The molecule has 0 saturated carbocycles. The first-order valence-corrected chi connectivity index (χ1v) is 6.47. The van der Waals surface area contributed by atoms with Gasteiger partial charge in [-0.05, 0) is 24.3 Å². The van der Waals surface area contributed by atoms with Crippen molar-refractivity contribution in [2.75, 3.05) is 19.1 Å². The van der Waals surface area contributed by atoms with E-state index in [0.29, 0.717) is 16.9 Å². The maximum Gasteiger partial charge on any atom is 0.339 e. The van der Waals surface area contributed by atoms with Crippen LogP contribution in [0, 0.1) is 0 Å². The molecular weight excluding hydrogens is 268 g/mol. The van der Waals surface area contributed by atoms with E-state index < -0.39 is 5.97 Å². The molecule has 0 aliphatic rings. The Labute approximate surface area is 123 Å². The summed E-state index contributed by atoms with van der Waals surface area (Å²) in [6.45, 7) is 0. The number of hydrogen-bond acceptors (Lipinski definition) is 4. The molecule has 1 aromatic heterocycles. The quantitative estimate of drug-likeness (QED) is 0.806. The molecule has 21 heavy (non-hydrogen) atoms. The second kappa shape index (κ2) is 6.65. The number of carbonyl (C=O) groups is 2. The van der Waals surface area contributed by atoms with Gasteiger partial charge in [0.05, 0.1) is 24.8 Å². The second-order valence-corrected chi connectivity index (χ2v) is 4.46. The highest BCUT2D eigenvalue weighted by Gasteiger charge is 2.19. The molecule has 2 aromatic rings. The van der Waals surface area contributed by atoms with E-state index in [0.717, 1.165) is 0 Å². The Hall–Kier alpha value is -2.69. The van der Waals surface area contributed by atoms with E-state index in [-0.39, 0.29) is 12.3 Å². The number of anilines is 1. The first-order valence-electron chi connectivity index (χ1n) is 6.47. The molecule has 0 aliphatic carbocycles. The van der Waals surface area contributed by atoms with Gasteiger partial charge in [-0.1, -0.05) is 18.2 Å². The first-order chi connectivity index (χ1) is 10.1. The van der Waals surface area contributed by atoms with E-state index >= 15 is 0 Å². The number of para-hydroxylation sites is 1. The summed E-state index contributed by atoms with van der Waals surface area (Å²) < 4.78 is 4.74. The molecule has 5 nitrogen and oxygen atoms in total. The van der Waals surface area contributed by atoms with E-state index in [1.54, 1.807) is 49.6 Å². The number of nitrogens with zero attached hydrogens (tertiary/aromatic N) is 2. The average Bonchev–Trinajstić information content (AvgIpc) is 2.54. The largest absolute Gasteiger partial charge is 0.465 e. The van der Waals surface area contributed by atoms with Crippen LogP contribution in [-0.4, -0.2) is 31.0 Å². The van der Waals surface area contributed by atoms with Crippen LogP contribution in [0.4, 0.5) is 5.69 Å². The Morgan fingerprint density at radius 2 is 1.86 bits per heavy atom. The monoisotopic (exact) mass is 284 g/mol. The molecule has 0 radical (unpaired) electrons. The SMILES string of the molecule is COC(=O)c1ccccc1N(C)C(=O)Cc1ccccn1. The standard InChI is InChI=1S/C16H16N2O3/c1-18(15(19)11-12-7-5-6-10-17-12)14-9-4-3-8-13(14)16(20)21-2/h3-10H,11H2,1-2H3. The van der Waals surface area contributed by atoms with Gasteiger partial charge in [-0.25, -0.2) is 4.79 Å². The van der Waals surface area contributed by atoms with Crippen molar-refractivity contribution in [2.45, 2.75) is 6.42 Å². The number of ether oxygens (including phenoxy) is 1. The zero-order valence-electron chi connectivity index (χ0n) is 11.9. The van der Waals surface area contributed by atoms with Gasteiger partial charge in [-0.2, -0.15) is 0 Å². The van der Waals surface area contributed by atoms with Crippen molar-refractivity contribution in [1.29, 1.82) is 0 Å². The summed E-state index contributed by atoms with van der Waals surface area (Å²) in [5.41, 5.74) is 1.56. The van der Waals surface area contributed by atoms with Gasteiger partial charge in [0.15, 0.2) is 0 Å². The van der Waals surface area contributed by atoms with Gasteiger partial charge < -0.3 is 9.64 Å². The van der Waals surface area contributed by atoms with Crippen LogP contribution in [0.2, 0.25) is 0 Å². The third kappa shape index (κ3) is 3.45. The zero-order chi connectivity index (χ0) is 15.2. The number of esters is 1. The lowest BCUT2D eigenvalue weighted by atomic mass is 10.1. The van der Waals surface area contributed by atoms with Crippen molar-refractivity contribution in [2.24, 2.45) is 0 Å². The molecule has 5 heteroatoms. The van der Waals surface area contributed by atoms with E-state index in [9.17, 15) is 9.59 Å². The maximum absolute atomic E-state index is 12.3. The van der Waals surface area contributed by atoms with Crippen molar-refractivity contribution in [3.63, 3.8) is 0 Å². The molecule has 0 N–H and O–H groups in total. The third-order valence-corrected chi connectivity index (χ3v) is 3.10. The fourth-order valence-electron chi connectivity index (χ4n) is 1.96. The number of amides is 1. The maximum atomic E-state index is 12.3. The normalized spacial score (nSPS) is 10.0. The summed E-state index contributed by atoms with van der Waals surface area (Å²) in [4.78, 5) is 29.6. The summed E-state index contributed by atoms with van der Waals surface area (Å²) in [5, 5.41) is 0. The minimum atomic E-state index is -0.469. The van der Waals surface area contributed by atoms with Crippen LogP contribution in [0.1, 0.15) is 16.1 Å². The predicted molar refractivity (Wildman–Crippen MR) is 79.1 cm³/mol. The van der Waals surface area contributed by atoms with Crippen molar-refractivity contribution >= 4 is 17.6 Å². The molecular formula is C16H16N2O3. The van der Waals surface area contributed by atoms with Gasteiger partial charge in [0.2, 0.25) is 5.91 Å². The highest BCUT2D eigenvalue weighted by atomic mass is 16.5. The molecule has 0 fully saturated rings. The van der Waals surface area contributed by atoms with Crippen LogP contribution in [0.25, 0.3) is 0 Å². The highest BCUT2D eigenvalue weighted by Crippen LogP contribution is 2.20. The number of rotatable bonds is 4. The average molecular weight is 284 g/mol. The van der Waals surface area contributed by atoms with E-state index in [4.69, 9.17) is 4.74 Å². The number of aromatic nitrogens is 1. The molecule has 0 saturated heterocycles. The van der Waals surface area contributed by atoms with Crippen LogP contribution in [0.15, 0.2) is 48.7 Å². The van der Waals surface area contributed by atoms with Crippen LogP contribution >= 0.6 is 0 Å². The minimum Gasteiger partial charge on any atom is -0.465 e. The Morgan fingerprint density at radius 1 is 1.14 bits per heavy atom. The van der Waals surface area contributed by atoms with E-state index in [1.165, 1.54) is 12.0 Å². The van der Waals surface area contributed by atoms with Crippen molar-refractivity contribution in [3.8, 4) is 0 Å². The van der Waals surface area contributed by atoms with Crippen LogP contribution in [0.5, 0.6) is 0 Å². The molecule has 1 heterocycles. The van der Waals surface area contributed by atoms with Crippen molar-refractivity contribution in [3.05, 3.63) is 59.9 Å². The molecule has 0 unspecified atom stereocenters. The Balaban J connectivity index is 2.22. The number of hydrogen-bond donors (Lipinski definition) is 0. The summed E-state index contributed by atoms with van der Waals surface area (Å²) >= 11 is 0. The molecule has 0 bridgehead atoms. The summed E-state index contributed by atoms with van der Waals surface area (Å²) in [6.07, 6.45) is 1.82. The lowest BCUT2D eigenvalue weighted by Crippen LogP contribution is -2.29. The number of pyridine rings is 1. The highest BCUT2D eigenvalue weighted by molar-refractivity contribution is 6.02. The Kier molecular flexibility index (Phi) is 4.66. The van der Waals surface area contributed by atoms with Crippen molar-refractivity contribution in [1.82, 2.24) is 4.98 Å². The Bertz CT molecular complexity index is 641. The molecule has 108 valence electrons. The molecule has 0 atom stereocenters. The summed E-state index contributed by atoms with van der Waals surface area (Å²) in [5.74, 6) is -0.617. The zero-order valence-corrected chi connectivity index (χ0v) is 11.9. The fourth-order valence-corrected chi connectivity index (χ4v) is 1.96. The third-order valence-electron chi connectivity index (χ3n) is 3.10. The first kappa shape index (κ1) is 14.7. The summed E-state index contributed by atoms with van der Waals surface area (Å²) in [7, 11) is 2.95.